The van der Waals surface area contributed by atoms with Crippen molar-refractivity contribution in [1.82, 2.24) is 4.90 Å². The van der Waals surface area contributed by atoms with Gasteiger partial charge in [0.1, 0.15) is 0 Å². The number of benzene rings is 2. The lowest BCUT2D eigenvalue weighted by Gasteiger charge is -2.18. The molecule has 2 aliphatic rings. The lowest BCUT2D eigenvalue weighted by Crippen LogP contribution is -2.28. The van der Waals surface area contributed by atoms with Crippen LogP contribution in [0.3, 0.4) is 0 Å². The predicted molar refractivity (Wildman–Crippen MR) is 111 cm³/mol. The zero-order valence-corrected chi connectivity index (χ0v) is 16.5. The quantitative estimate of drug-likeness (QED) is 0.831. The number of halogens is 1. The van der Waals surface area contributed by atoms with E-state index < -0.39 is 0 Å². The second-order valence-corrected chi connectivity index (χ2v) is 7.97. The van der Waals surface area contributed by atoms with Crippen LogP contribution in [0.2, 0.25) is 5.02 Å². The molecule has 6 heteroatoms. The van der Waals surface area contributed by atoms with Gasteiger partial charge in [-0.05, 0) is 54.8 Å². The van der Waals surface area contributed by atoms with Crippen molar-refractivity contribution in [3.63, 3.8) is 0 Å². The zero-order chi connectivity index (χ0) is 19.5. The van der Waals surface area contributed by atoms with Gasteiger partial charge in [0.15, 0.2) is 0 Å². The second kappa shape index (κ2) is 8.23. The predicted octanol–water partition coefficient (Wildman–Crippen LogP) is 3.93. The molecule has 2 aromatic carbocycles. The van der Waals surface area contributed by atoms with Gasteiger partial charge in [0.2, 0.25) is 11.8 Å². The van der Waals surface area contributed by atoms with Crippen LogP contribution in [0.15, 0.2) is 48.5 Å². The van der Waals surface area contributed by atoms with Crippen molar-refractivity contribution in [1.29, 1.82) is 0 Å². The van der Waals surface area contributed by atoms with Crippen molar-refractivity contribution in [2.45, 2.75) is 25.8 Å². The van der Waals surface area contributed by atoms with Gasteiger partial charge < -0.3 is 15.1 Å². The number of carbonyl (C=O) groups is 2. The number of carbonyl (C=O) groups excluding carboxylic acids is 2. The van der Waals surface area contributed by atoms with E-state index in [-0.39, 0.29) is 24.2 Å². The Hall–Kier alpha value is -2.53. The normalized spacial score (nSPS) is 19.3. The third kappa shape index (κ3) is 4.30. The van der Waals surface area contributed by atoms with Crippen LogP contribution in [0, 0.1) is 5.92 Å². The summed E-state index contributed by atoms with van der Waals surface area (Å²) >= 11 is 5.91. The first kappa shape index (κ1) is 18.8. The van der Waals surface area contributed by atoms with E-state index in [1.807, 2.05) is 48.5 Å². The van der Waals surface area contributed by atoms with Gasteiger partial charge in [0.25, 0.3) is 0 Å². The number of rotatable bonds is 5. The average Bonchev–Trinajstić information content (AvgIpc) is 3.35. The maximum atomic E-state index is 12.6. The van der Waals surface area contributed by atoms with Gasteiger partial charge >= 0.3 is 0 Å². The molecule has 0 radical (unpaired) electrons. The smallest absolute Gasteiger partial charge is 0.229 e. The summed E-state index contributed by atoms with van der Waals surface area (Å²) in [5, 5.41) is 3.63. The number of anilines is 2. The molecule has 28 heavy (non-hydrogen) atoms. The van der Waals surface area contributed by atoms with Gasteiger partial charge in [0, 0.05) is 49.0 Å². The lowest BCUT2D eigenvalue weighted by molar-refractivity contribution is -0.128. The molecule has 1 atom stereocenters. The highest BCUT2D eigenvalue weighted by Crippen LogP contribution is 2.25. The van der Waals surface area contributed by atoms with Crippen molar-refractivity contribution in [2.24, 2.45) is 5.92 Å². The summed E-state index contributed by atoms with van der Waals surface area (Å²) in [5.74, 6) is -0.404. The fourth-order valence-corrected chi connectivity index (χ4v) is 4.01. The number of nitrogens with one attached hydrogen (secondary N) is 1. The van der Waals surface area contributed by atoms with Crippen LogP contribution in [-0.4, -0.2) is 36.3 Å². The Kier molecular flexibility index (Phi) is 5.53. The van der Waals surface area contributed by atoms with Gasteiger partial charge in [-0.1, -0.05) is 23.7 Å². The van der Waals surface area contributed by atoms with Crippen molar-refractivity contribution in [3.05, 3.63) is 59.1 Å². The van der Waals surface area contributed by atoms with Crippen molar-refractivity contribution in [3.8, 4) is 0 Å². The standard InChI is InChI=1S/C22H24ClN3O2/c23-18-5-3-16(4-6-18)14-26-15-17(13-21(26)27)22(28)24-19-7-9-20(10-8-19)25-11-1-2-12-25/h3-10,17H,1-2,11-15H2,(H,24,28). The summed E-state index contributed by atoms with van der Waals surface area (Å²) in [6.07, 6.45) is 2.73. The third-order valence-electron chi connectivity index (χ3n) is 5.48. The van der Waals surface area contributed by atoms with Gasteiger partial charge in [0.05, 0.1) is 5.92 Å². The first-order valence-corrected chi connectivity index (χ1v) is 10.1. The Bertz CT molecular complexity index is 845. The molecule has 1 unspecified atom stereocenters. The fourth-order valence-electron chi connectivity index (χ4n) is 3.89. The Labute approximate surface area is 170 Å². The van der Waals surface area contributed by atoms with Crippen molar-refractivity contribution >= 4 is 34.8 Å². The maximum Gasteiger partial charge on any atom is 0.229 e. The van der Waals surface area contributed by atoms with Crippen molar-refractivity contribution < 1.29 is 9.59 Å². The number of likely N-dealkylation sites (tertiary alicyclic amines) is 1. The molecule has 1 N–H and O–H groups in total. The molecule has 0 aromatic heterocycles. The van der Waals surface area contributed by atoms with E-state index in [4.69, 9.17) is 11.6 Å². The molecule has 5 nitrogen and oxygen atoms in total. The Morgan fingerprint density at radius 2 is 1.71 bits per heavy atom. The number of hydrogen-bond donors (Lipinski definition) is 1. The molecule has 4 rings (SSSR count). The van der Waals surface area contributed by atoms with Gasteiger partial charge in [-0.15, -0.1) is 0 Å². The largest absolute Gasteiger partial charge is 0.372 e. The summed E-state index contributed by atoms with van der Waals surface area (Å²) in [5.41, 5.74) is 2.98. The number of nitrogens with zero attached hydrogens (tertiary/aromatic N) is 2. The van der Waals surface area contributed by atoms with E-state index >= 15 is 0 Å². The van der Waals surface area contributed by atoms with Crippen LogP contribution in [0.4, 0.5) is 11.4 Å². The lowest BCUT2D eigenvalue weighted by atomic mass is 10.1. The molecule has 2 aliphatic heterocycles. The molecular weight excluding hydrogens is 374 g/mol. The minimum Gasteiger partial charge on any atom is -0.372 e. The fraction of sp³-hybridized carbons (Fsp3) is 0.364. The topological polar surface area (TPSA) is 52.7 Å². The molecule has 0 bridgehead atoms. The summed E-state index contributed by atoms with van der Waals surface area (Å²) in [6, 6.07) is 15.4. The minimum atomic E-state index is -0.321. The van der Waals surface area contributed by atoms with E-state index in [2.05, 4.69) is 10.2 Å². The van der Waals surface area contributed by atoms with Gasteiger partial charge in [-0.3, -0.25) is 9.59 Å². The summed E-state index contributed by atoms with van der Waals surface area (Å²) in [4.78, 5) is 29.0. The second-order valence-electron chi connectivity index (χ2n) is 7.53. The van der Waals surface area contributed by atoms with Crippen LogP contribution in [-0.2, 0) is 16.1 Å². The van der Waals surface area contributed by atoms with Gasteiger partial charge in [-0.2, -0.15) is 0 Å². The van der Waals surface area contributed by atoms with E-state index in [1.165, 1.54) is 18.5 Å². The number of hydrogen-bond acceptors (Lipinski definition) is 3. The molecule has 2 aromatic rings. The van der Waals surface area contributed by atoms with Crippen LogP contribution >= 0.6 is 11.6 Å². The number of amides is 2. The van der Waals surface area contributed by atoms with E-state index in [1.54, 1.807) is 4.90 Å². The highest BCUT2D eigenvalue weighted by atomic mass is 35.5. The molecule has 146 valence electrons. The Morgan fingerprint density at radius 1 is 1.04 bits per heavy atom. The van der Waals surface area contributed by atoms with Crippen LogP contribution in [0.5, 0.6) is 0 Å². The Morgan fingerprint density at radius 3 is 2.39 bits per heavy atom. The third-order valence-corrected chi connectivity index (χ3v) is 5.73. The van der Waals surface area contributed by atoms with E-state index in [9.17, 15) is 9.59 Å². The Balaban J connectivity index is 1.33. The molecule has 2 saturated heterocycles. The van der Waals surface area contributed by atoms with Crippen LogP contribution in [0.1, 0.15) is 24.8 Å². The summed E-state index contributed by atoms with van der Waals surface area (Å²) in [7, 11) is 0. The summed E-state index contributed by atoms with van der Waals surface area (Å²) in [6.45, 7) is 3.14. The van der Waals surface area contributed by atoms with Gasteiger partial charge in [-0.25, -0.2) is 0 Å². The zero-order valence-electron chi connectivity index (χ0n) is 15.7. The first-order chi connectivity index (χ1) is 13.6. The molecule has 2 fully saturated rings. The van der Waals surface area contributed by atoms with Crippen LogP contribution in [0.25, 0.3) is 0 Å². The molecule has 0 saturated carbocycles. The molecular formula is C22H24ClN3O2. The highest BCUT2D eigenvalue weighted by Gasteiger charge is 2.34. The van der Waals surface area contributed by atoms with Crippen molar-refractivity contribution in [2.75, 3.05) is 29.9 Å². The minimum absolute atomic E-state index is 0.0134. The summed E-state index contributed by atoms with van der Waals surface area (Å²) < 4.78 is 0. The molecule has 0 aliphatic carbocycles. The van der Waals surface area contributed by atoms with E-state index in [0.717, 1.165) is 24.3 Å². The highest BCUT2D eigenvalue weighted by molar-refractivity contribution is 6.30. The van der Waals surface area contributed by atoms with E-state index in [0.29, 0.717) is 18.1 Å². The molecule has 2 amide bonds. The monoisotopic (exact) mass is 397 g/mol. The maximum absolute atomic E-state index is 12.6. The molecule has 2 heterocycles. The average molecular weight is 398 g/mol. The molecule has 0 spiro atoms. The first-order valence-electron chi connectivity index (χ1n) is 9.76. The SMILES string of the molecule is O=C(Nc1ccc(N2CCCC2)cc1)C1CC(=O)N(Cc2ccc(Cl)cc2)C1. The van der Waals surface area contributed by atoms with Crippen LogP contribution < -0.4 is 10.2 Å².